The van der Waals surface area contributed by atoms with Crippen molar-refractivity contribution in [3.63, 3.8) is 0 Å². The zero-order valence-corrected chi connectivity index (χ0v) is 15.6. The molecule has 0 fully saturated rings. The summed E-state index contributed by atoms with van der Waals surface area (Å²) >= 11 is 5.06. The molecule has 1 amide bonds. The summed E-state index contributed by atoms with van der Waals surface area (Å²) in [4.78, 5) is 12.4. The van der Waals surface area contributed by atoms with Gasteiger partial charge in [-0.3, -0.25) is 15.6 Å². The van der Waals surface area contributed by atoms with Gasteiger partial charge in [-0.1, -0.05) is 12.1 Å². The first kappa shape index (κ1) is 18.7. The molecular weight excluding hydrogens is 369 g/mol. The molecule has 3 rings (SSSR count). The Labute approximate surface area is 160 Å². The van der Waals surface area contributed by atoms with Crippen molar-refractivity contribution in [1.29, 1.82) is 0 Å². The van der Waals surface area contributed by atoms with Crippen molar-refractivity contribution in [1.82, 2.24) is 10.9 Å². The Kier molecular flexibility index (Phi) is 5.56. The van der Waals surface area contributed by atoms with E-state index in [0.717, 1.165) is 5.39 Å². The molecule has 27 heavy (non-hydrogen) atoms. The van der Waals surface area contributed by atoms with E-state index in [1.165, 1.54) is 12.1 Å². The lowest BCUT2D eigenvalue weighted by molar-refractivity contribution is 0.0917. The number of hydrogen-bond acceptors (Lipinski definition) is 4. The van der Waals surface area contributed by atoms with Crippen LogP contribution in [0.3, 0.4) is 0 Å². The van der Waals surface area contributed by atoms with Gasteiger partial charge < -0.3 is 14.5 Å². The van der Waals surface area contributed by atoms with Crippen LogP contribution in [0.2, 0.25) is 0 Å². The molecule has 1 aromatic heterocycles. The van der Waals surface area contributed by atoms with Gasteiger partial charge >= 0.3 is 5.91 Å². The predicted molar refractivity (Wildman–Crippen MR) is 105 cm³/mol. The molecule has 3 aromatic rings. The molecule has 0 radical (unpaired) electrons. The molecule has 0 spiro atoms. The highest BCUT2D eigenvalue weighted by molar-refractivity contribution is 7.80. The maximum atomic E-state index is 13.6. The van der Waals surface area contributed by atoms with E-state index in [4.69, 9.17) is 21.4 Å². The molecule has 0 aliphatic carbocycles. The number of carbonyl (C=O) groups is 1. The van der Waals surface area contributed by atoms with E-state index >= 15 is 0 Å². The van der Waals surface area contributed by atoms with Gasteiger partial charge in [-0.15, -0.1) is 0 Å². The molecule has 2 aromatic carbocycles. The fourth-order valence-electron chi connectivity index (χ4n) is 2.56. The van der Waals surface area contributed by atoms with Gasteiger partial charge in [-0.05, 0) is 56.4 Å². The predicted octanol–water partition coefficient (Wildman–Crippen LogP) is 3.91. The third kappa shape index (κ3) is 4.17. The number of fused-ring (bicyclic) bond motifs is 1. The summed E-state index contributed by atoms with van der Waals surface area (Å²) in [5.41, 5.74) is 6.43. The Balaban J connectivity index is 1.68. The second-order valence-electron chi connectivity index (χ2n) is 5.66. The van der Waals surface area contributed by atoms with E-state index in [9.17, 15) is 9.18 Å². The van der Waals surface area contributed by atoms with Gasteiger partial charge in [0.15, 0.2) is 10.9 Å². The third-order valence-corrected chi connectivity index (χ3v) is 4.04. The third-order valence-electron chi connectivity index (χ3n) is 3.84. The number of anilines is 1. The number of hydrazine groups is 1. The van der Waals surface area contributed by atoms with E-state index in [-0.39, 0.29) is 16.6 Å². The number of aryl methyl sites for hydroxylation is 1. The minimum absolute atomic E-state index is 0.0425. The minimum atomic E-state index is -0.501. The molecule has 0 bridgehead atoms. The molecule has 0 aliphatic heterocycles. The lowest BCUT2D eigenvalue weighted by atomic mass is 10.1. The first-order valence-corrected chi connectivity index (χ1v) is 8.68. The zero-order valence-electron chi connectivity index (χ0n) is 14.8. The summed E-state index contributed by atoms with van der Waals surface area (Å²) in [5.74, 6) is -0.0976. The Morgan fingerprint density at radius 3 is 2.74 bits per heavy atom. The van der Waals surface area contributed by atoms with Gasteiger partial charge in [0.25, 0.3) is 0 Å². The van der Waals surface area contributed by atoms with Gasteiger partial charge in [0, 0.05) is 10.9 Å². The smallest absolute Gasteiger partial charge is 0.305 e. The van der Waals surface area contributed by atoms with Crippen LogP contribution in [-0.4, -0.2) is 17.6 Å². The van der Waals surface area contributed by atoms with Gasteiger partial charge in [-0.2, -0.15) is 0 Å². The average Bonchev–Trinajstić information content (AvgIpc) is 2.98. The maximum Gasteiger partial charge on any atom is 0.305 e. The molecule has 0 saturated heterocycles. The molecular formula is C19H18FN3O3S. The number of amides is 1. The molecule has 0 saturated carbocycles. The van der Waals surface area contributed by atoms with Crippen LogP contribution < -0.4 is 20.9 Å². The molecule has 0 unspecified atom stereocenters. The molecule has 1 heterocycles. The standard InChI is InChI=1S/C19H18FN3O3S/c1-3-25-12-8-9-16-13(10-12)11(2)17(26-16)18(24)22-23-19(27)21-15-7-5-4-6-14(15)20/h4-10H,3H2,1-2H3,(H,22,24)(H2,21,23,27). The molecule has 8 heteroatoms. The number of thiocarbonyl (C=S) groups is 1. The van der Waals surface area contributed by atoms with E-state index in [1.807, 2.05) is 13.0 Å². The SMILES string of the molecule is CCOc1ccc2oc(C(=O)NNC(=S)Nc3ccccc3F)c(C)c2c1. The Morgan fingerprint density at radius 1 is 1.22 bits per heavy atom. The van der Waals surface area contributed by atoms with Crippen molar-refractivity contribution in [3.8, 4) is 5.75 Å². The topological polar surface area (TPSA) is 75.5 Å². The van der Waals surface area contributed by atoms with E-state index in [1.54, 1.807) is 31.2 Å². The van der Waals surface area contributed by atoms with Gasteiger partial charge in [0.1, 0.15) is 17.1 Å². The largest absolute Gasteiger partial charge is 0.494 e. The van der Waals surface area contributed by atoms with Crippen molar-refractivity contribution >= 4 is 39.9 Å². The summed E-state index contributed by atoms with van der Waals surface area (Å²) in [7, 11) is 0. The van der Waals surface area contributed by atoms with Gasteiger partial charge in [0.2, 0.25) is 0 Å². The number of hydrogen-bond donors (Lipinski definition) is 3. The number of benzene rings is 2. The lowest BCUT2D eigenvalue weighted by Gasteiger charge is -2.11. The van der Waals surface area contributed by atoms with Crippen molar-refractivity contribution in [2.24, 2.45) is 0 Å². The first-order chi connectivity index (χ1) is 13.0. The number of nitrogens with one attached hydrogen (secondary N) is 3. The monoisotopic (exact) mass is 387 g/mol. The zero-order chi connectivity index (χ0) is 19.4. The molecule has 0 atom stereocenters. The Hall–Kier alpha value is -3.13. The van der Waals surface area contributed by atoms with E-state index in [2.05, 4.69) is 16.2 Å². The number of rotatable bonds is 4. The molecule has 6 nitrogen and oxygen atoms in total. The van der Waals surface area contributed by atoms with Crippen LogP contribution in [0.1, 0.15) is 23.0 Å². The second-order valence-corrected chi connectivity index (χ2v) is 6.07. The summed E-state index contributed by atoms with van der Waals surface area (Å²) in [6.07, 6.45) is 0. The van der Waals surface area contributed by atoms with Crippen LogP contribution in [0, 0.1) is 12.7 Å². The lowest BCUT2D eigenvalue weighted by Crippen LogP contribution is -2.43. The van der Waals surface area contributed by atoms with Crippen LogP contribution in [0.4, 0.5) is 10.1 Å². The summed E-state index contributed by atoms with van der Waals surface area (Å²) < 4.78 is 24.7. The Bertz CT molecular complexity index is 1000. The fraction of sp³-hybridized carbons (Fsp3) is 0.158. The summed E-state index contributed by atoms with van der Waals surface area (Å²) in [6, 6.07) is 11.4. The van der Waals surface area contributed by atoms with Gasteiger partial charge in [0.05, 0.1) is 12.3 Å². The van der Waals surface area contributed by atoms with Crippen LogP contribution in [0.5, 0.6) is 5.75 Å². The number of furan rings is 1. The second kappa shape index (κ2) is 8.05. The first-order valence-electron chi connectivity index (χ1n) is 8.27. The number of ether oxygens (including phenoxy) is 1. The highest BCUT2D eigenvalue weighted by Crippen LogP contribution is 2.28. The fourth-order valence-corrected chi connectivity index (χ4v) is 2.72. The number of carbonyl (C=O) groups excluding carboxylic acids is 1. The normalized spacial score (nSPS) is 10.5. The highest BCUT2D eigenvalue weighted by Gasteiger charge is 2.18. The Morgan fingerprint density at radius 2 is 2.00 bits per heavy atom. The van der Waals surface area contributed by atoms with E-state index in [0.29, 0.717) is 23.5 Å². The van der Waals surface area contributed by atoms with Crippen molar-refractivity contribution in [2.75, 3.05) is 11.9 Å². The number of para-hydroxylation sites is 1. The highest BCUT2D eigenvalue weighted by atomic mass is 32.1. The molecule has 140 valence electrons. The molecule has 3 N–H and O–H groups in total. The van der Waals surface area contributed by atoms with Crippen molar-refractivity contribution < 1.29 is 18.3 Å². The van der Waals surface area contributed by atoms with Gasteiger partial charge in [-0.25, -0.2) is 4.39 Å². The van der Waals surface area contributed by atoms with Crippen LogP contribution >= 0.6 is 12.2 Å². The maximum absolute atomic E-state index is 13.6. The average molecular weight is 387 g/mol. The van der Waals surface area contributed by atoms with E-state index < -0.39 is 11.7 Å². The minimum Gasteiger partial charge on any atom is -0.494 e. The van der Waals surface area contributed by atoms with Crippen LogP contribution in [0.15, 0.2) is 46.9 Å². The van der Waals surface area contributed by atoms with Crippen LogP contribution in [-0.2, 0) is 0 Å². The van der Waals surface area contributed by atoms with Crippen molar-refractivity contribution in [3.05, 3.63) is 59.6 Å². The number of halogens is 1. The van der Waals surface area contributed by atoms with Crippen molar-refractivity contribution in [2.45, 2.75) is 13.8 Å². The van der Waals surface area contributed by atoms with Crippen LogP contribution in [0.25, 0.3) is 11.0 Å². The molecule has 0 aliphatic rings. The summed E-state index contributed by atoms with van der Waals surface area (Å²) in [6.45, 7) is 4.23. The quantitative estimate of drug-likeness (QED) is 0.466. The summed E-state index contributed by atoms with van der Waals surface area (Å²) in [5, 5.41) is 3.50.